The third-order valence-electron chi connectivity index (χ3n) is 3.67. The normalized spacial score (nSPS) is 19.8. The molecule has 1 aromatic heterocycles. The predicted molar refractivity (Wildman–Crippen MR) is 79.2 cm³/mol. The SMILES string of the molecule is CC(C)(C)S(=O)(=O)c1ccc(N2CCC[C@@H]2C(=O)O)cn1. The van der Waals surface area contributed by atoms with E-state index in [4.69, 9.17) is 0 Å². The monoisotopic (exact) mass is 312 g/mol. The zero-order chi connectivity index (χ0) is 15.8. The van der Waals surface area contributed by atoms with Crippen molar-refractivity contribution in [2.24, 2.45) is 0 Å². The highest BCUT2D eigenvalue weighted by atomic mass is 32.2. The van der Waals surface area contributed by atoms with E-state index in [1.165, 1.54) is 12.3 Å². The minimum Gasteiger partial charge on any atom is -0.480 e. The van der Waals surface area contributed by atoms with Crippen LogP contribution in [0.2, 0.25) is 0 Å². The lowest BCUT2D eigenvalue weighted by atomic mass is 10.2. The van der Waals surface area contributed by atoms with E-state index in [0.29, 0.717) is 18.7 Å². The number of rotatable bonds is 3. The van der Waals surface area contributed by atoms with Gasteiger partial charge in [0.05, 0.1) is 16.6 Å². The number of aliphatic carboxylic acids is 1. The highest BCUT2D eigenvalue weighted by Gasteiger charge is 2.33. The molecule has 7 heteroatoms. The van der Waals surface area contributed by atoms with Gasteiger partial charge in [-0.15, -0.1) is 0 Å². The molecule has 116 valence electrons. The summed E-state index contributed by atoms with van der Waals surface area (Å²) in [5.41, 5.74) is 0.646. The van der Waals surface area contributed by atoms with Gasteiger partial charge in [0.15, 0.2) is 14.9 Å². The lowest BCUT2D eigenvalue weighted by Crippen LogP contribution is -2.36. The van der Waals surface area contributed by atoms with Crippen molar-refractivity contribution in [3.05, 3.63) is 18.3 Å². The van der Waals surface area contributed by atoms with Crippen LogP contribution in [-0.4, -0.2) is 41.8 Å². The van der Waals surface area contributed by atoms with Crippen LogP contribution >= 0.6 is 0 Å². The van der Waals surface area contributed by atoms with Crippen molar-refractivity contribution in [3.63, 3.8) is 0 Å². The molecular weight excluding hydrogens is 292 g/mol. The number of sulfone groups is 1. The van der Waals surface area contributed by atoms with Crippen LogP contribution in [0.3, 0.4) is 0 Å². The van der Waals surface area contributed by atoms with Crippen LogP contribution in [-0.2, 0) is 14.6 Å². The van der Waals surface area contributed by atoms with Gasteiger partial charge in [0.25, 0.3) is 0 Å². The molecule has 0 aromatic carbocycles. The summed E-state index contributed by atoms with van der Waals surface area (Å²) in [4.78, 5) is 17.0. The molecule has 6 nitrogen and oxygen atoms in total. The van der Waals surface area contributed by atoms with Crippen molar-refractivity contribution in [2.75, 3.05) is 11.4 Å². The van der Waals surface area contributed by atoms with E-state index in [-0.39, 0.29) is 5.03 Å². The Morgan fingerprint density at radius 3 is 2.52 bits per heavy atom. The van der Waals surface area contributed by atoms with E-state index in [2.05, 4.69) is 4.98 Å². The topological polar surface area (TPSA) is 87.6 Å². The number of pyridine rings is 1. The number of anilines is 1. The van der Waals surface area contributed by atoms with Crippen LogP contribution in [0.4, 0.5) is 5.69 Å². The number of nitrogens with zero attached hydrogens (tertiary/aromatic N) is 2. The van der Waals surface area contributed by atoms with Gasteiger partial charge in [-0.1, -0.05) is 0 Å². The molecule has 1 atom stereocenters. The fourth-order valence-electron chi connectivity index (χ4n) is 2.35. The van der Waals surface area contributed by atoms with Gasteiger partial charge in [0.1, 0.15) is 6.04 Å². The van der Waals surface area contributed by atoms with Gasteiger partial charge in [-0.2, -0.15) is 0 Å². The molecule has 0 saturated carbocycles. The molecule has 2 heterocycles. The van der Waals surface area contributed by atoms with Crippen molar-refractivity contribution in [1.82, 2.24) is 4.98 Å². The Kier molecular flexibility index (Phi) is 3.97. The van der Waals surface area contributed by atoms with Crippen LogP contribution in [0.1, 0.15) is 33.6 Å². The van der Waals surface area contributed by atoms with E-state index >= 15 is 0 Å². The summed E-state index contributed by atoms with van der Waals surface area (Å²) >= 11 is 0. The second kappa shape index (κ2) is 5.29. The number of carboxylic acids is 1. The molecule has 0 bridgehead atoms. The van der Waals surface area contributed by atoms with Gasteiger partial charge in [0.2, 0.25) is 0 Å². The Bertz CT molecular complexity index is 632. The van der Waals surface area contributed by atoms with Crippen LogP contribution in [0.25, 0.3) is 0 Å². The average molecular weight is 312 g/mol. The minimum absolute atomic E-state index is 0.0184. The van der Waals surface area contributed by atoms with Gasteiger partial charge < -0.3 is 10.0 Å². The summed E-state index contributed by atoms with van der Waals surface area (Å²) in [6, 6.07) is 2.52. The van der Waals surface area contributed by atoms with Crippen LogP contribution in [0.15, 0.2) is 23.4 Å². The van der Waals surface area contributed by atoms with Gasteiger partial charge in [-0.05, 0) is 45.7 Å². The molecule has 1 fully saturated rings. The third kappa shape index (κ3) is 2.88. The lowest BCUT2D eigenvalue weighted by molar-refractivity contribution is -0.138. The largest absolute Gasteiger partial charge is 0.480 e. The maximum absolute atomic E-state index is 12.3. The summed E-state index contributed by atoms with van der Waals surface area (Å²) < 4.78 is 23.7. The zero-order valence-corrected chi connectivity index (χ0v) is 13.2. The van der Waals surface area contributed by atoms with E-state index in [0.717, 1.165) is 6.42 Å². The zero-order valence-electron chi connectivity index (χ0n) is 12.4. The van der Waals surface area contributed by atoms with Gasteiger partial charge in [0, 0.05) is 6.54 Å². The van der Waals surface area contributed by atoms with Crippen LogP contribution in [0.5, 0.6) is 0 Å². The molecule has 0 unspecified atom stereocenters. The Balaban J connectivity index is 2.30. The Morgan fingerprint density at radius 1 is 1.38 bits per heavy atom. The molecule has 1 aliphatic heterocycles. The first kappa shape index (κ1) is 15.8. The summed E-state index contributed by atoms with van der Waals surface area (Å²) in [6.45, 7) is 5.51. The molecule has 0 amide bonds. The van der Waals surface area contributed by atoms with Crippen molar-refractivity contribution in [2.45, 2.75) is 49.4 Å². The Hall–Kier alpha value is -1.63. The lowest BCUT2D eigenvalue weighted by Gasteiger charge is -2.24. The Labute approximate surface area is 124 Å². The van der Waals surface area contributed by atoms with E-state index in [1.54, 1.807) is 31.7 Å². The predicted octanol–water partition coefficient (Wildman–Crippen LogP) is 1.71. The minimum atomic E-state index is -3.49. The summed E-state index contributed by atoms with van der Waals surface area (Å²) in [6.07, 6.45) is 2.84. The van der Waals surface area contributed by atoms with Crippen molar-refractivity contribution < 1.29 is 18.3 Å². The molecule has 21 heavy (non-hydrogen) atoms. The highest BCUT2D eigenvalue weighted by Crippen LogP contribution is 2.28. The highest BCUT2D eigenvalue weighted by molar-refractivity contribution is 7.92. The molecule has 0 spiro atoms. The maximum atomic E-state index is 12.3. The Morgan fingerprint density at radius 2 is 2.05 bits per heavy atom. The van der Waals surface area contributed by atoms with Crippen LogP contribution < -0.4 is 4.90 Å². The molecule has 2 rings (SSSR count). The number of hydrogen-bond donors (Lipinski definition) is 1. The average Bonchev–Trinajstić information content (AvgIpc) is 2.86. The molecule has 1 aromatic rings. The van der Waals surface area contributed by atoms with E-state index < -0.39 is 26.6 Å². The second-order valence-electron chi connectivity index (χ2n) is 6.16. The maximum Gasteiger partial charge on any atom is 0.326 e. The molecule has 1 aliphatic rings. The van der Waals surface area contributed by atoms with Crippen molar-refractivity contribution in [3.8, 4) is 0 Å². The fourth-order valence-corrected chi connectivity index (χ4v) is 3.41. The first-order valence-electron chi connectivity index (χ1n) is 6.85. The third-order valence-corrected chi connectivity index (χ3v) is 6.08. The van der Waals surface area contributed by atoms with Gasteiger partial charge >= 0.3 is 5.97 Å². The van der Waals surface area contributed by atoms with Gasteiger partial charge in [-0.3, -0.25) is 0 Å². The van der Waals surface area contributed by atoms with E-state index in [9.17, 15) is 18.3 Å². The number of carbonyl (C=O) groups is 1. The summed E-state index contributed by atoms with van der Waals surface area (Å²) in [5, 5.41) is 9.20. The molecule has 0 radical (unpaired) electrons. The number of carboxylic acid groups (broad SMARTS) is 1. The molecule has 1 saturated heterocycles. The van der Waals surface area contributed by atoms with Crippen molar-refractivity contribution >= 4 is 21.5 Å². The first-order valence-corrected chi connectivity index (χ1v) is 8.33. The molecule has 0 aliphatic carbocycles. The summed E-state index contributed by atoms with van der Waals surface area (Å²) in [5.74, 6) is -0.862. The van der Waals surface area contributed by atoms with Gasteiger partial charge in [-0.25, -0.2) is 18.2 Å². The molecular formula is C14H20N2O4S. The van der Waals surface area contributed by atoms with E-state index in [1.807, 2.05) is 0 Å². The first-order chi connectivity index (χ1) is 9.64. The standard InChI is InChI=1S/C14H20N2O4S/c1-14(2,3)21(19,20)12-7-6-10(9-15-12)16-8-4-5-11(16)13(17)18/h6-7,9,11H,4-5,8H2,1-3H3,(H,17,18)/t11-/m1/s1. The number of hydrogen-bond acceptors (Lipinski definition) is 5. The number of aromatic nitrogens is 1. The fraction of sp³-hybridized carbons (Fsp3) is 0.571. The smallest absolute Gasteiger partial charge is 0.326 e. The quantitative estimate of drug-likeness (QED) is 0.914. The summed E-state index contributed by atoms with van der Waals surface area (Å²) in [7, 11) is -3.49. The van der Waals surface area contributed by atoms with Crippen LogP contribution in [0, 0.1) is 0 Å². The second-order valence-corrected chi connectivity index (χ2v) is 8.81. The molecule has 1 N–H and O–H groups in total. The van der Waals surface area contributed by atoms with Crippen molar-refractivity contribution in [1.29, 1.82) is 0 Å².